The highest BCUT2D eigenvalue weighted by molar-refractivity contribution is 6.32. The van der Waals surface area contributed by atoms with Gasteiger partial charge in [-0.25, -0.2) is 4.98 Å². The van der Waals surface area contributed by atoms with Crippen molar-refractivity contribution in [3.05, 3.63) is 22.8 Å². The zero-order valence-corrected chi connectivity index (χ0v) is 14.0. The van der Waals surface area contributed by atoms with Gasteiger partial charge in [-0.3, -0.25) is 4.79 Å². The van der Waals surface area contributed by atoms with Gasteiger partial charge in [-0.15, -0.1) is 0 Å². The van der Waals surface area contributed by atoms with Gasteiger partial charge < -0.3 is 14.7 Å². The summed E-state index contributed by atoms with van der Waals surface area (Å²) in [6.07, 6.45) is 3.94. The highest BCUT2D eigenvalue weighted by Crippen LogP contribution is 2.27. The number of aromatic nitrogens is 1. The molecule has 0 spiro atoms. The average Bonchev–Trinajstić information content (AvgIpc) is 2.85. The Morgan fingerprint density at radius 2 is 2.27 bits per heavy atom. The van der Waals surface area contributed by atoms with Crippen LogP contribution in [0.2, 0.25) is 5.02 Å². The molecule has 2 rings (SSSR count). The molecule has 0 bridgehead atoms. The third-order valence-corrected chi connectivity index (χ3v) is 4.15. The number of carbonyl (C=O) groups excluding carboxylic acids is 1. The van der Waals surface area contributed by atoms with Crippen molar-refractivity contribution in [2.75, 3.05) is 13.6 Å². The van der Waals surface area contributed by atoms with Gasteiger partial charge in [0.2, 0.25) is 5.88 Å². The van der Waals surface area contributed by atoms with Crippen molar-refractivity contribution in [2.24, 2.45) is 5.92 Å². The van der Waals surface area contributed by atoms with Crippen molar-refractivity contribution >= 4 is 17.5 Å². The monoisotopic (exact) mass is 326 g/mol. The summed E-state index contributed by atoms with van der Waals surface area (Å²) in [5, 5.41) is 10.2. The smallest absolute Gasteiger partial charge is 0.255 e. The number of hydrogen-bond acceptors (Lipinski definition) is 4. The van der Waals surface area contributed by atoms with Gasteiger partial charge in [0.05, 0.1) is 17.8 Å². The fourth-order valence-electron chi connectivity index (χ4n) is 2.74. The molecule has 2 unspecified atom stereocenters. The maximum atomic E-state index is 12.4. The highest BCUT2D eigenvalue weighted by atomic mass is 35.5. The van der Waals surface area contributed by atoms with E-state index in [-0.39, 0.29) is 24.0 Å². The summed E-state index contributed by atoms with van der Waals surface area (Å²) in [6.45, 7) is 4.32. The summed E-state index contributed by atoms with van der Waals surface area (Å²) in [5.74, 6) is 0.340. The van der Waals surface area contributed by atoms with Crippen LogP contribution in [0.15, 0.2) is 12.3 Å². The van der Waals surface area contributed by atoms with E-state index in [0.717, 1.165) is 19.3 Å². The Morgan fingerprint density at radius 3 is 2.82 bits per heavy atom. The van der Waals surface area contributed by atoms with Gasteiger partial charge >= 0.3 is 0 Å². The van der Waals surface area contributed by atoms with Crippen LogP contribution >= 0.6 is 11.6 Å². The normalized spacial score (nSPS) is 21.2. The maximum Gasteiger partial charge on any atom is 0.255 e. The molecule has 122 valence electrons. The third-order valence-electron chi connectivity index (χ3n) is 3.88. The number of amides is 1. The third kappa shape index (κ3) is 4.11. The molecular formula is C16H23ClN2O3. The van der Waals surface area contributed by atoms with Crippen molar-refractivity contribution in [1.82, 2.24) is 9.88 Å². The lowest BCUT2D eigenvalue weighted by Crippen LogP contribution is -2.34. The quantitative estimate of drug-likeness (QED) is 0.903. The van der Waals surface area contributed by atoms with E-state index in [1.807, 2.05) is 13.8 Å². The Balaban J connectivity index is 2.03. The molecule has 1 aliphatic rings. The van der Waals surface area contributed by atoms with Crippen LogP contribution in [0.1, 0.15) is 43.5 Å². The van der Waals surface area contributed by atoms with Crippen LogP contribution in [-0.4, -0.2) is 46.7 Å². The van der Waals surface area contributed by atoms with Crippen LogP contribution < -0.4 is 4.74 Å². The second kappa shape index (κ2) is 7.29. The van der Waals surface area contributed by atoms with E-state index in [0.29, 0.717) is 23.0 Å². The fraction of sp³-hybridized carbons (Fsp3) is 0.625. The standard InChI is InChI=1S/C16H23ClN2O3/c1-10(2)22-15-13(17)7-12(8-18-15)16(21)19(3)9-11-5-4-6-14(11)20/h7-8,10-11,14,20H,4-6,9H2,1-3H3. The molecule has 0 aliphatic heterocycles. The molecule has 22 heavy (non-hydrogen) atoms. The van der Waals surface area contributed by atoms with Crippen molar-refractivity contribution in [1.29, 1.82) is 0 Å². The minimum atomic E-state index is -0.307. The van der Waals surface area contributed by atoms with Gasteiger partial charge in [-0.05, 0) is 32.8 Å². The first-order valence-electron chi connectivity index (χ1n) is 7.64. The number of aliphatic hydroxyl groups is 1. The fourth-order valence-corrected chi connectivity index (χ4v) is 2.95. The first kappa shape index (κ1) is 17.0. The summed E-state index contributed by atoms with van der Waals surface area (Å²) in [4.78, 5) is 18.2. The number of carbonyl (C=O) groups is 1. The van der Waals surface area contributed by atoms with E-state index >= 15 is 0 Å². The summed E-state index contributed by atoms with van der Waals surface area (Å²) >= 11 is 6.12. The Kier molecular flexibility index (Phi) is 5.64. The molecule has 1 aromatic heterocycles. The van der Waals surface area contributed by atoms with Gasteiger partial charge in [0, 0.05) is 25.7 Å². The maximum absolute atomic E-state index is 12.4. The average molecular weight is 327 g/mol. The van der Waals surface area contributed by atoms with E-state index in [9.17, 15) is 9.90 Å². The van der Waals surface area contributed by atoms with Crippen LogP contribution in [0.5, 0.6) is 5.88 Å². The molecule has 1 saturated carbocycles. The van der Waals surface area contributed by atoms with Gasteiger partial charge in [0.1, 0.15) is 5.02 Å². The molecule has 0 radical (unpaired) electrons. The zero-order valence-electron chi connectivity index (χ0n) is 13.3. The Hall–Kier alpha value is -1.33. The summed E-state index contributed by atoms with van der Waals surface area (Å²) in [5.41, 5.74) is 0.427. The van der Waals surface area contributed by atoms with E-state index in [2.05, 4.69) is 4.98 Å². The summed E-state index contributed by atoms with van der Waals surface area (Å²) < 4.78 is 5.46. The minimum Gasteiger partial charge on any atom is -0.474 e. The first-order chi connectivity index (χ1) is 10.4. The molecule has 1 aliphatic carbocycles. The number of hydrogen-bond donors (Lipinski definition) is 1. The first-order valence-corrected chi connectivity index (χ1v) is 8.02. The zero-order chi connectivity index (χ0) is 16.3. The van der Waals surface area contributed by atoms with E-state index in [4.69, 9.17) is 16.3 Å². The Bertz CT molecular complexity index is 536. The molecule has 6 heteroatoms. The molecular weight excluding hydrogens is 304 g/mol. The number of pyridine rings is 1. The number of ether oxygens (including phenoxy) is 1. The SMILES string of the molecule is CC(C)Oc1ncc(C(=O)N(C)CC2CCCC2O)cc1Cl. The predicted molar refractivity (Wildman–Crippen MR) is 85.3 cm³/mol. The number of aliphatic hydroxyl groups excluding tert-OH is 1. The molecule has 1 heterocycles. The summed E-state index contributed by atoms with van der Waals surface area (Å²) in [6, 6.07) is 1.58. The van der Waals surface area contributed by atoms with E-state index in [1.54, 1.807) is 18.0 Å². The summed E-state index contributed by atoms with van der Waals surface area (Å²) in [7, 11) is 1.74. The Morgan fingerprint density at radius 1 is 1.55 bits per heavy atom. The molecule has 1 fully saturated rings. The second-order valence-electron chi connectivity index (χ2n) is 6.12. The molecule has 1 N–H and O–H groups in total. The van der Waals surface area contributed by atoms with Gasteiger partial charge in [0.25, 0.3) is 5.91 Å². The minimum absolute atomic E-state index is 0.0296. The predicted octanol–water partition coefficient (Wildman–Crippen LogP) is 2.76. The number of halogens is 1. The van der Waals surface area contributed by atoms with Crippen LogP contribution in [0.25, 0.3) is 0 Å². The van der Waals surface area contributed by atoms with Crippen molar-refractivity contribution in [2.45, 2.75) is 45.3 Å². The van der Waals surface area contributed by atoms with Crippen LogP contribution in [-0.2, 0) is 0 Å². The molecule has 1 amide bonds. The van der Waals surface area contributed by atoms with Gasteiger partial charge in [-0.2, -0.15) is 0 Å². The number of rotatable bonds is 5. The van der Waals surface area contributed by atoms with E-state index < -0.39 is 0 Å². The molecule has 2 atom stereocenters. The van der Waals surface area contributed by atoms with Crippen LogP contribution in [0, 0.1) is 5.92 Å². The van der Waals surface area contributed by atoms with E-state index in [1.165, 1.54) is 6.20 Å². The topological polar surface area (TPSA) is 62.7 Å². The van der Waals surface area contributed by atoms with Crippen LogP contribution in [0.3, 0.4) is 0 Å². The van der Waals surface area contributed by atoms with Crippen molar-refractivity contribution in [3.8, 4) is 5.88 Å². The lowest BCUT2D eigenvalue weighted by atomic mass is 10.1. The largest absolute Gasteiger partial charge is 0.474 e. The molecule has 5 nitrogen and oxygen atoms in total. The number of nitrogens with zero attached hydrogens (tertiary/aromatic N) is 2. The Labute approximate surface area is 136 Å². The lowest BCUT2D eigenvalue weighted by molar-refractivity contribution is 0.0693. The molecule has 1 aromatic rings. The molecule has 0 saturated heterocycles. The van der Waals surface area contributed by atoms with Gasteiger partial charge in [-0.1, -0.05) is 18.0 Å². The van der Waals surface area contributed by atoms with Crippen molar-refractivity contribution < 1.29 is 14.6 Å². The second-order valence-corrected chi connectivity index (χ2v) is 6.53. The van der Waals surface area contributed by atoms with Crippen molar-refractivity contribution in [3.63, 3.8) is 0 Å². The highest BCUT2D eigenvalue weighted by Gasteiger charge is 2.28. The van der Waals surface area contributed by atoms with Gasteiger partial charge in [0.15, 0.2) is 0 Å². The van der Waals surface area contributed by atoms with Crippen LogP contribution in [0.4, 0.5) is 0 Å². The molecule has 0 aromatic carbocycles. The lowest BCUT2D eigenvalue weighted by Gasteiger charge is -2.23.